The van der Waals surface area contributed by atoms with Gasteiger partial charge in [0.1, 0.15) is 0 Å². The molecule has 0 unspecified atom stereocenters. The van der Waals surface area contributed by atoms with Crippen LogP contribution in [0.5, 0.6) is 0 Å². The van der Waals surface area contributed by atoms with E-state index in [1.54, 1.807) is 6.92 Å². The third-order valence-corrected chi connectivity index (χ3v) is 2.07. The topological polar surface area (TPSA) is 57.5 Å². The predicted molar refractivity (Wildman–Crippen MR) is 35.6 cm³/mol. The Morgan fingerprint density at radius 2 is 2.30 bits per heavy atom. The Labute approximate surface area is 59.7 Å². The lowest BCUT2D eigenvalue weighted by atomic mass is 10.0. The molecule has 0 aromatic carbocycles. The molecule has 3 nitrogen and oxygen atoms in total. The van der Waals surface area contributed by atoms with Crippen molar-refractivity contribution in [1.82, 2.24) is 0 Å². The van der Waals surface area contributed by atoms with Gasteiger partial charge in [-0.1, -0.05) is 0 Å². The highest BCUT2D eigenvalue weighted by Crippen LogP contribution is 2.33. The van der Waals surface area contributed by atoms with Gasteiger partial charge >= 0.3 is 5.97 Å². The van der Waals surface area contributed by atoms with Crippen LogP contribution in [0.15, 0.2) is 0 Å². The third-order valence-electron chi connectivity index (χ3n) is 2.07. The van der Waals surface area contributed by atoms with Gasteiger partial charge in [0.2, 0.25) is 0 Å². The molecule has 0 bridgehead atoms. The fourth-order valence-corrected chi connectivity index (χ4v) is 1.43. The van der Waals surface area contributed by atoms with Crippen molar-refractivity contribution in [3.8, 4) is 0 Å². The van der Waals surface area contributed by atoms with Gasteiger partial charge in [-0.3, -0.25) is 4.79 Å². The van der Waals surface area contributed by atoms with Gasteiger partial charge in [-0.2, -0.15) is 0 Å². The summed E-state index contributed by atoms with van der Waals surface area (Å²) in [5, 5.41) is 17.9. The first kappa shape index (κ1) is 7.54. The molecular weight excluding hydrogens is 132 g/mol. The van der Waals surface area contributed by atoms with E-state index in [1.807, 2.05) is 0 Å². The summed E-state index contributed by atoms with van der Waals surface area (Å²) < 4.78 is 0. The minimum Gasteiger partial charge on any atom is -0.481 e. The second-order valence-corrected chi connectivity index (χ2v) is 3.27. The summed E-state index contributed by atoms with van der Waals surface area (Å²) in [6.07, 6.45) is 1.63. The third kappa shape index (κ3) is 1.48. The summed E-state index contributed by atoms with van der Waals surface area (Å²) in [7, 11) is 0. The molecule has 0 amide bonds. The van der Waals surface area contributed by atoms with E-state index < -0.39 is 11.6 Å². The molecule has 1 fully saturated rings. The molecule has 0 aromatic rings. The van der Waals surface area contributed by atoms with Crippen molar-refractivity contribution >= 4 is 5.97 Å². The first-order chi connectivity index (χ1) is 4.51. The average molecular weight is 144 g/mol. The van der Waals surface area contributed by atoms with Gasteiger partial charge in [-0.15, -0.1) is 0 Å². The Morgan fingerprint density at radius 1 is 1.70 bits per heavy atom. The van der Waals surface area contributed by atoms with Gasteiger partial charge in [0.05, 0.1) is 11.5 Å². The van der Waals surface area contributed by atoms with Gasteiger partial charge in [0, 0.05) is 0 Å². The number of carboxylic acid groups (broad SMARTS) is 1. The van der Waals surface area contributed by atoms with Crippen LogP contribution in [0.4, 0.5) is 0 Å². The number of carboxylic acids is 1. The summed E-state index contributed by atoms with van der Waals surface area (Å²) >= 11 is 0. The van der Waals surface area contributed by atoms with Crippen LogP contribution >= 0.6 is 0 Å². The number of aliphatic hydroxyl groups is 1. The van der Waals surface area contributed by atoms with E-state index in [9.17, 15) is 9.90 Å². The molecule has 1 aliphatic rings. The first-order valence-electron chi connectivity index (χ1n) is 3.46. The standard InChI is InChI=1S/C7H12O3/c1-7(10)3-2-5(4-7)6(8)9/h5,10H,2-4H2,1H3,(H,8,9)/t5-,7-/m1/s1. The largest absolute Gasteiger partial charge is 0.481 e. The normalized spacial score (nSPS) is 40.0. The van der Waals surface area contributed by atoms with Crippen molar-refractivity contribution in [1.29, 1.82) is 0 Å². The van der Waals surface area contributed by atoms with E-state index in [4.69, 9.17) is 5.11 Å². The van der Waals surface area contributed by atoms with Crippen LogP contribution < -0.4 is 0 Å². The zero-order valence-electron chi connectivity index (χ0n) is 6.00. The Balaban J connectivity index is 2.51. The van der Waals surface area contributed by atoms with E-state index in [0.717, 1.165) is 0 Å². The van der Waals surface area contributed by atoms with Gasteiger partial charge in [0.15, 0.2) is 0 Å². The van der Waals surface area contributed by atoms with Crippen molar-refractivity contribution in [3.05, 3.63) is 0 Å². The van der Waals surface area contributed by atoms with E-state index in [-0.39, 0.29) is 5.92 Å². The molecule has 2 N–H and O–H groups in total. The predicted octanol–water partition coefficient (Wildman–Crippen LogP) is 0.622. The van der Waals surface area contributed by atoms with Gasteiger partial charge in [0.25, 0.3) is 0 Å². The van der Waals surface area contributed by atoms with Gasteiger partial charge < -0.3 is 10.2 Å². The summed E-state index contributed by atoms with van der Waals surface area (Å²) in [5.74, 6) is -1.10. The van der Waals surface area contributed by atoms with Crippen molar-refractivity contribution in [2.75, 3.05) is 0 Å². The monoisotopic (exact) mass is 144 g/mol. The first-order valence-corrected chi connectivity index (χ1v) is 3.46. The number of aliphatic carboxylic acids is 1. The van der Waals surface area contributed by atoms with Gasteiger partial charge in [-0.05, 0) is 26.2 Å². The molecule has 1 aliphatic carbocycles. The summed E-state index contributed by atoms with van der Waals surface area (Å²) in [5.41, 5.74) is -0.733. The lowest BCUT2D eigenvalue weighted by Crippen LogP contribution is -2.20. The Bertz CT molecular complexity index is 151. The van der Waals surface area contributed by atoms with Crippen LogP contribution in [-0.4, -0.2) is 21.8 Å². The number of hydrogen-bond acceptors (Lipinski definition) is 2. The molecule has 0 saturated heterocycles. The zero-order chi connectivity index (χ0) is 7.78. The van der Waals surface area contributed by atoms with Crippen molar-refractivity contribution < 1.29 is 15.0 Å². The summed E-state index contributed by atoms with van der Waals surface area (Å²) in [6.45, 7) is 1.69. The minimum atomic E-state index is -0.780. The van der Waals surface area contributed by atoms with Crippen molar-refractivity contribution in [2.24, 2.45) is 5.92 Å². The molecule has 0 radical (unpaired) electrons. The van der Waals surface area contributed by atoms with Crippen molar-refractivity contribution in [2.45, 2.75) is 31.8 Å². The quantitative estimate of drug-likeness (QED) is 0.567. The second kappa shape index (κ2) is 2.23. The highest BCUT2D eigenvalue weighted by Gasteiger charge is 2.36. The van der Waals surface area contributed by atoms with Crippen LogP contribution in [0.2, 0.25) is 0 Å². The summed E-state index contributed by atoms with van der Waals surface area (Å²) in [6, 6.07) is 0. The SMILES string of the molecule is C[C@@]1(O)CC[C@@H](C(=O)O)C1. The molecule has 1 rings (SSSR count). The highest BCUT2D eigenvalue weighted by atomic mass is 16.4. The molecule has 1 saturated carbocycles. The van der Waals surface area contributed by atoms with Crippen molar-refractivity contribution in [3.63, 3.8) is 0 Å². The number of carbonyl (C=O) groups is 1. The maximum absolute atomic E-state index is 10.4. The Morgan fingerprint density at radius 3 is 2.50 bits per heavy atom. The smallest absolute Gasteiger partial charge is 0.306 e. The Hall–Kier alpha value is -0.570. The lowest BCUT2D eigenvalue weighted by molar-refractivity contribution is -0.142. The maximum atomic E-state index is 10.4. The fourth-order valence-electron chi connectivity index (χ4n) is 1.43. The fraction of sp³-hybridized carbons (Fsp3) is 0.857. The second-order valence-electron chi connectivity index (χ2n) is 3.27. The van der Waals surface area contributed by atoms with Crippen LogP contribution in [0.25, 0.3) is 0 Å². The molecule has 58 valence electrons. The van der Waals surface area contributed by atoms with E-state index in [1.165, 1.54) is 0 Å². The maximum Gasteiger partial charge on any atom is 0.306 e. The molecule has 3 heteroatoms. The van der Waals surface area contributed by atoms with E-state index in [0.29, 0.717) is 19.3 Å². The van der Waals surface area contributed by atoms with E-state index >= 15 is 0 Å². The van der Waals surface area contributed by atoms with Crippen LogP contribution in [-0.2, 0) is 4.79 Å². The summed E-state index contributed by atoms with van der Waals surface area (Å²) in [4.78, 5) is 10.4. The van der Waals surface area contributed by atoms with Crippen LogP contribution in [0.1, 0.15) is 26.2 Å². The number of rotatable bonds is 1. The molecular formula is C7H12O3. The average Bonchev–Trinajstić information content (AvgIpc) is 2.10. The zero-order valence-corrected chi connectivity index (χ0v) is 6.00. The number of hydrogen-bond donors (Lipinski definition) is 2. The molecule has 0 aromatic heterocycles. The van der Waals surface area contributed by atoms with E-state index in [2.05, 4.69) is 0 Å². The molecule has 0 heterocycles. The minimum absolute atomic E-state index is 0.324. The molecule has 10 heavy (non-hydrogen) atoms. The molecule has 0 aliphatic heterocycles. The Kier molecular flexibility index (Phi) is 1.68. The molecule has 2 atom stereocenters. The van der Waals surface area contributed by atoms with Gasteiger partial charge in [-0.25, -0.2) is 0 Å². The van der Waals surface area contributed by atoms with Crippen LogP contribution in [0.3, 0.4) is 0 Å². The van der Waals surface area contributed by atoms with Crippen LogP contribution in [0, 0.1) is 5.92 Å². The molecule has 0 spiro atoms. The highest BCUT2D eigenvalue weighted by molar-refractivity contribution is 5.70. The lowest BCUT2D eigenvalue weighted by Gasteiger charge is -2.13.